The Balaban J connectivity index is 1.74. The highest BCUT2D eigenvalue weighted by atomic mass is 16.6. The maximum atomic E-state index is 12.8. The van der Waals surface area contributed by atoms with E-state index in [9.17, 15) is 14.4 Å². The van der Waals surface area contributed by atoms with Gasteiger partial charge in [0.05, 0.1) is 14.2 Å². The molecule has 1 aliphatic carbocycles. The third-order valence-electron chi connectivity index (χ3n) is 4.70. The zero-order valence-electron chi connectivity index (χ0n) is 17.1. The lowest BCUT2D eigenvalue weighted by Crippen LogP contribution is -2.16. The summed E-state index contributed by atoms with van der Waals surface area (Å²) < 4.78 is 15.2. The Morgan fingerprint density at radius 2 is 1.77 bits per heavy atom. The van der Waals surface area contributed by atoms with Gasteiger partial charge in [-0.25, -0.2) is 4.79 Å². The Bertz CT molecular complexity index is 968. The van der Waals surface area contributed by atoms with Crippen LogP contribution in [0.1, 0.15) is 28.8 Å². The van der Waals surface area contributed by atoms with Crippen LogP contribution in [0, 0.1) is 12.8 Å². The Hall–Kier alpha value is -3.55. The summed E-state index contributed by atoms with van der Waals surface area (Å²) in [5, 5.41) is 5.72. The van der Waals surface area contributed by atoms with Crippen molar-refractivity contribution in [3.8, 4) is 11.5 Å². The second-order valence-electron chi connectivity index (χ2n) is 6.98. The van der Waals surface area contributed by atoms with Crippen LogP contribution in [0.3, 0.4) is 0 Å². The van der Waals surface area contributed by atoms with Crippen LogP contribution in [-0.4, -0.2) is 38.6 Å². The van der Waals surface area contributed by atoms with Crippen LogP contribution in [-0.2, 0) is 14.3 Å². The van der Waals surface area contributed by atoms with Gasteiger partial charge in [-0.15, -0.1) is 0 Å². The molecule has 0 radical (unpaired) electrons. The fourth-order valence-electron chi connectivity index (χ4n) is 2.75. The minimum Gasteiger partial charge on any atom is -0.493 e. The molecule has 0 aromatic heterocycles. The molecule has 0 heterocycles. The maximum absolute atomic E-state index is 12.8. The van der Waals surface area contributed by atoms with Crippen LogP contribution in [0.2, 0.25) is 0 Å². The van der Waals surface area contributed by atoms with Crippen LogP contribution in [0.25, 0.3) is 0 Å². The zero-order valence-corrected chi connectivity index (χ0v) is 17.1. The highest BCUT2D eigenvalue weighted by molar-refractivity contribution is 6.05. The summed E-state index contributed by atoms with van der Waals surface area (Å²) >= 11 is 0. The van der Waals surface area contributed by atoms with E-state index in [0.29, 0.717) is 22.7 Å². The van der Waals surface area contributed by atoms with Gasteiger partial charge in [0.15, 0.2) is 18.1 Å². The summed E-state index contributed by atoms with van der Waals surface area (Å²) in [6.45, 7) is 1.56. The van der Waals surface area contributed by atoms with Gasteiger partial charge in [-0.05, 0) is 55.7 Å². The van der Waals surface area contributed by atoms with Gasteiger partial charge < -0.3 is 24.8 Å². The molecule has 2 amide bonds. The van der Waals surface area contributed by atoms with E-state index in [1.54, 1.807) is 24.3 Å². The molecule has 1 saturated carbocycles. The molecule has 0 aliphatic heterocycles. The van der Waals surface area contributed by atoms with Gasteiger partial charge in [0.1, 0.15) is 0 Å². The van der Waals surface area contributed by atoms with Crippen LogP contribution < -0.4 is 20.1 Å². The molecule has 0 atom stereocenters. The second kappa shape index (κ2) is 9.30. The molecule has 3 rings (SSSR count). The number of hydrogen-bond acceptors (Lipinski definition) is 6. The minimum absolute atomic E-state index is 0.00122. The number of rotatable bonds is 8. The second-order valence-corrected chi connectivity index (χ2v) is 6.98. The van der Waals surface area contributed by atoms with Crippen LogP contribution >= 0.6 is 0 Å². The molecule has 0 unspecified atom stereocenters. The maximum Gasteiger partial charge on any atom is 0.343 e. The van der Waals surface area contributed by atoms with E-state index in [-0.39, 0.29) is 30.1 Å². The van der Waals surface area contributed by atoms with E-state index in [2.05, 4.69) is 15.4 Å². The summed E-state index contributed by atoms with van der Waals surface area (Å²) in [6, 6.07) is 10.0. The van der Waals surface area contributed by atoms with Crippen molar-refractivity contribution in [2.45, 2.75) is 19.8 Å². The highest BCUT2D eigenvalue weighted by Crippen LogP contribution is 2.31. The number of amides is 2. The van der Waals surface area contributed by atoms with Crippen molar-refractivity contribution in [3.05, 3.63) is 47.5 Å². The number of carbonyl (C=O) groups excluding carboxylic acids is 3. The lowest BCUT2D eigenvalue weighted by Gasteiger charge is -2.14. The molecule has 30 heavy (non-hydrogen) atoms. The molecular weight excluding hydrogens is 388 g/mol. The van der Waals surface area contributed by atoms with Crippen LogP contribution in [0.5, 0.6) is 11.5 Å². The Morgan fingerprint density at radius 1 is 1.00 bits per heavy atom. The number of hydrogen-bond donors (Lipinski definition) is 2. The normalized spacial score (nSPS) is 12.6. The van der Waals surface area contributed by atoms with E-state index >= 15 is 0 Å². The number of nitrogens with one attached hydrogen (secondary N) is 2. The molecular formula is C22H24N2O6. The third kappa shape index (κ3) is 5.28. The summed E-state index contributed by atoms with van der Waals surface area (Å²) in [6.07, 6.45) is 1.83. The van der Waals surface area contributed by atoms with E-state index in [4.69, 9.17) is 9.47 Å². The Morgan fingerprint density at radius 3 is 2.43 bits per heavy atom. The molecule has 2 N–H and O–H groups in total. The van der Waals surface area contributed by atoms with Crippen molar-refractivity contribution in [3.63, 3.8) is 0 Å². The molecule has 0 saturated heterocycles. The largest absolute Gasteiger partial charge is 0.493 e. The summed E-state index contributed by atoms with van der Waals surface area (Å²) in [7, 11) is 2.72. The first-order chi connectivity index (χ1) is 14.4. The molecule has 0 bridgehead atoms. The number of methoxy groups -OCH3 is 2. The fraction of sp³-hybridized carbons (Fsp3) is 0.318. The standard InChI is InChI=1S/C22H24N2O6/c1-13-4-8-16(23-21(26)14-5-6-14)11-17(13)24-22(27)15-7-9-18(28-2)19(10-15)30-12-20(25)29-3/h4,7-11,14H,5-6,12H2,1-3H3,(H,23,26)(H,24,27). The number of carbonyl (C=O) groups is 3. The van der Waals surface area contributed by atoms with Gasteiger partial charge in [0.25, 0.3) is 5.91 Å². The predicted molar refractivity (Wildman–Crippen MR) is 111 cm³/mol. The van der Waals surface area contributed by atoms with Gasteiger partial charge in [0, 0.05) is 22.9 Å². The molecule has 0 spiro atoms. The van der Waals surface area contributed by atoms with Crippen molar-refractivity contribution in [2.75, 3.05) is 31.5 Å². The van der Waals surface area contributed by atoms with Crippen LogP contribution in [0.15, 0.2) is 36.4 Å². The van der Waals surface area contributed by atoms with Crippen molar-refractivity contribution in [1.29, 1.82) is 0 Å². The van der Waals surface area contributed by atoms with E-state index in [1.807, 2.05) is 13.0 Å². The quantitative estimate of drug-likeness (QED) is 0.646. The average Bonchev–Trinajstić information content (AvgIpc) is 3.59. The monoisotopic (exact) mass is 412 g/mol. The molecule has 8 heteroatoms. The number of esters is 1. The first-order valence-electron chi connectivity index (χ1n) is 9.51. The van der Waals surface area contributed by atoms with Crippen molar-refractivity contribution < 1.29 is 28.6 Å². The van der Waals surface area contributed by atoms with Crippen molar-refractivity contribution in [1.82, 2.24) is 0 Å². The summed E-state index contributed by atoms with van der Waals surface area (Å²) in [4.78, 5) is 36.1. The Kier molecular flexibility index (Phi) is 6.56. The molecule has 1 aliphatic rings. The van der Waals surface area contributed by atoms with Gasteiger partial charge in [-0.3, -0.25) is 9.59 Å². The predicted octanol–water partition coefficient (Wildman–Crippen LogP) is 3.16. The molecule has 1 fully saturated rings. The lowest BCUT2D eigenvalue weighted by atomic mass is 10.1. The molecule has 8 nitrogen and oxygen atoms in total. The number of ether oxygens (including phenoxy) is 3. The van der Waals surface area contributed by atoms with Gasteiger partial charge in [-0.2, -0.15) is 0 Å². The van der Waals surface area contributed by atoms with E-state index in [1.165, 1.54) is 20.3 Å². The fourth-order valence-corrected chi connectivity index (χ4v) is 2.75. The highest BCUT2D eigenvalue weighted by Gasteiger charge is 2.29. The smallest absolute Gasteiger partial charge is 0.343 e. The summed E-state index contributed by atoms with van der Waals surface area (Å²) in [5.74, 6) is -0.193. The minimum atomic E-state index is -0.549. The van der Waals surface area contributed by atoms with Gasteiger partial charge in [-0.1, -0.05) is 6.07 Å². The van der Waals surface area contributed by atoms with Gasteiger partial charge >= 0.3 is 5.97 Å². The lowest BCUT2D eigenvalue weighted by molar-refractivity contribution is -0.142. The third-order valence-corrected chi connectivity index (χ3v) is 4.70. The van der Waals surface area contributed by atoms with Crippen molar-refractivity contribution in [2.24, 2.45) is 5.92 Å². The van der Waals surface area contributed by atoms with Gasteiger partial charge in [0.2, 0.25) is 5.91 Å². The van der Waals surface area contributed by atoms with Crippen molar-refractivity contribution >= 4 is 29.2 Å². The Labute approximate surface area is 174 Å². The summed E-state index contributed by atoms with van der Waals surface area (Å²) in [5.41, 5.74) is 2.39. The average molecular weight is 412 g/mol. The number of anilines is 2. The van der Waals surface area contributed by atoms with E-state index in [0.717, 1.165) is 18.4 Å². The molecule has 2 aromatic rings. The topological polar surface area (TPSA) is 103 Å². The first-order valence-corrected chi connectivity index (χ1v) is 9.51. The zero-order chi connectivity index (χ0) is 21.7. The SMILES string of the molecule is COC(=O)COc1cc(C(=O)Nc2cc(NC(=O)C3CC3)ccc2C)ccc1OC. The number of benzene rings is 2. The number of aryl methyl sites for hydroxylation is 1. The first kappa shape index (κ1) is 21.2. The van der Waals surface area contributed by atoms with E-state index < -0.39 is 5.97 Å². The molecule has 158 valence electrons. The van der Waals surface area contributed by atoms with Crippen LogP contribution in [0.4, 0.5) is 11.4 Å². The molecule has 2 aromatic carbocycles.